The van der Waals surface area contributed by atoms with Crippen molar-refractivity contribution in [1.29, 1.82) is 0 Å². The van der Waals surface area contributed by atoms with E-state index in [0.717, 1.165) is 17.4 Å². The molecule has 2 rings (SSSR count). The van der Waals surface area contributed by atoms with Gasteiger partial charge in [-0.3, -0.25) is 0 Å². The van der Waals surface area contributed by atoms with E-state index in [1.165, 1.54) is 37.7 Å². The van der Waals surface area contributed by atoms with Gasteiger partial charge in [0.1, 0.15) is 12.4 Å². The van der Waals surface area contributed by atoms with Crippen molar-refractivity contribution in [3.8, 4) is 5.75 Å². The molecule has 0 aliphatic heterocycles. The number of benzene rings is 1. The van der Waals surface area contributed by atoms with Crippen molar-refractivity contribution in [3.63, 3.8) is 0 Å². The minimum atomic E-state index is 0.584. The maximum Gasteiger partial charge on any atom is 0.142 e. The highest BCUT2D eigenvalue weighted by Crippen LogP contribution is 2.32. The molecule has 1 fully saturated rings. The van der Waals surface area contributed by atoms with Crippen molar-refractivity contribution in [3.05, 3.63) is 23.8 Å². The van der Waals surface area contributed by atoms with E-state index in [4.69, 9.17) is 9.47 Å². The number of hydrogen-bond acceptors (Lipinski definition) is 3. The zero-order valence-electron chi connectivity index (χ0n) is 13.7. The zero-order chi connectivity index (χ0) is 15.1. The summed E-state index contributed by atoms with van der Waals surface area (Å²) in [6.07, 6.45) is 6.55. The van der Waals surface area contributed by atoms with Gasteiger partial charge < -0.3 is 14.8 Å². The Kier molecular flexibility index (Phi) is 6.37. The highest BCUT2D eigenvalue weighted by molar-refractivity contribution is 5.58. The highest BCUT2D eigenvalue weighted by Gasteiger charge is 2.20. The van der Waals surface area contributed by atoms with E-state index in [0.29, 0.717) is 19.3 Å². The third-order valence-electron chi connectivity index (χ3n) is 4.47. The van der Waals surface area contributed by atoms with Crippen LogP contribution in [0.2, 0.25) is 0 Å². The van der Waals surface area contributed by atoms with Crippen LogP contribution in [0.1, 0.15) is 44.6 Å². The van der Waals surface area contributed by atoms with Gasteiger partial charge in [-0.25, -0.2) is 0 Å². The first kappa shape index (κ1) is 16.2. The molecule has 0 spiro atoms. The minimum Gasteiger partial charge on any atom is -0.489 e. The molecule has 0 radical (unpaired) electrons. The summed E-state index contributed by atoms with van der Waals surface area (Å²) in [6.45, 7) is 5.62. The second-order valence-electron chi connectivity index (χ2n) is 6.11. The monoisotopic (exact) mass is 291 g/mol. The van der Waals surface area contributed by atoms with Gasteiger partial charge in [0, 0.05) is 13.2 Å². The Hall–Kier alpha value is -1.22. The fourth-order valence-electron chi connectivity index (χ4n) is 3.04. The summed E-state index contributed by atoms with van der Waals surface area (Å²) in [6, 6.07) is 6.97. The van der Waals surface area contributed by atoms with Crippen molar-refractivity contribution >= 4 is 5.69 Å². The molecule has 1 saturated carbocycles. The molecule has 0 aromatic heterocycles. The predicted octanol–water partition coefficient (Wildman–Crippen LogP) is 4.40. The van der Waals surface area contributed by atoms with E-state index in [1.54, 1.807) is 7.11 Å². The Morgan fingerprint density at radius 3 is 2.57 bits per heavy atom. The molecule has 1 N–H and O–H groups in total. The van der Waals surface area contributed by atoms with Crippen LogP contribution in [0.15, 0.2) is 18.2 Å². The molecule has 0 atom stereocenters. The van der Waals surface area contributed by atoms with E-state index < -0.39 is 0 Å². The Balaban J connectivity index is 1.95. The third kappa shape index (κ3) is 4.92. The molecule has 1 aliphatic carbocycles. The first-order valence-electron chi connectivity index (χ1n) is 8.21. The van der Waals surface area contributed by atoms with Crippen LogP contribution in [-0.2, 0) is 4.74 Å². The van der Waals surface area contributed by atoms with Crippen molar-refractivity contribution in [2.45, 2.75) is 52.0 Å². The van der Waals surface area contributed by atoms with Crippen LogP contribution in [-0.4, -0.2) is 26.4 Å². The number of aryl methyl sites for hydroxylation is 1. The second kappa shape index (κ2) is 8.28. The van der Waals surface area contributed by atoms with Gasteiger partial charge in [0.2, 0.25) is 0 Å². The Bertz CT molecular complexity index is 425. The molecular weight excluding hydrogens is 262 g/mol. The van der Waals surface area contributed by atoms with Crippen LogP contribution in [0.4, 0.5) is 5.69 Å². The molecule has 0 saturated heterocycles. The molecule has 1 aromatic carbocycles. The summed E-state index contributed by atoms with van der Waals surface area (Å²) in [5, 5.41) is 3.68. The van der Waals surface area contributed by atoms with Crippen LogP contribution in [0, 0.1) is 12.8 Å². The van der Waals surface area contributed by atoms with Crippen LogP contribution in [0.5, 0.6) is 5.75 Å². The van der Waals surface area contributed by atoms with Crippen molar-refractivity contribution in [2.75, 3.05) is 25.6 Å². The van der Waals surface area contributed by atoms with Gasteiger partial charge in [0.15, 0.2) is 0 Å². The predicted molar refractivity (Wildman–Crippen MR) is 88.2 cm³/mol. The minimum absolute atomic E-state index is 0.584. The van der Waals surface area contributed by atoms with Gasteiger partial charge in [-0.2, -0.15) is 0 Å². The first-order valence-corrected chi connectivity index (χ1v) is 8.21. The standard InChI is InChI=1S/C18H29NO2/c1-4-15-6-8-16(9-7-15)19-17-10-5-14(2)13-18(17)21-12-11-20-3/h5,10,13,15-16,19H,4,6-9,11-12H2,1-3H3. The average molecular weight is 291 g/mol. The summed E-state index contributed by atoms with van der Waals surface area (Å²) in [5.74, 6) is 1.88. The quantitative estimate of drug-likeness (QED) is 0.755. The fourth-order valence-corrected chi connectivity index (χ4v) is 3.04. The van der Waals surface area contributed by atoms with E-state index >= 15 is 0 Å². The molecule has 3 heteroatoms. The fraction of sp³-hybridized carbons (Fsp3) is 0.667. The Morgan fingerprint density at radius 1 is 1.14 bits per heavy atom. The van der Waals surface area contributed by atoms with Gasteiger partial charge in [-0.15, -0.1) is 0 Å². The lowest BCUT2D eigenvalue weighted by Gasteiger charge is -2.29. The molecule has 0 heterocycles. The maximum absolute atomic E-state index is 5.85. The Labute approximate surface area is 129 Å². The number of anilines is 1. The van der Waals surface area contributed by atoms with Crippen LogP contribution < -0.4 is 10.1 Å². The lowest BCUT2D eigenvalue weighted by molar-refractivity contribution is 0.146. The largest absolute Gasteiger partial charge is 0.489 e. The van der Waals surface area contributed by atoms with Crippen molar-refractivity contribution in [1.82, 2.24) is 0 Å². The second-order valence-corrected chi connectivity index (χ2v) is 6.11. The summed E-state index contributed by atoms with van der Waals surface area (Å²) in [4.78, 5) is 0. The molecule has 0 bridgehead atoms. The molecule has 3 nitrogen and oxygen atoms in total. The molecule has 0 unspecified atom stereocenters. The van der Waals surface area contributed by atoms with E-state index in [9.17, 15) is 0 Å². The SMILES string of the molecule is CCC1CCC(Nc2ccc(C)cc2OCCOC)CC1. The lowest BCUT2D eigenvalue weighted by Crippen LogP contribution is -2.26. The molecule has 118 valence electrons. The Morgan fingerprint density at radius 2 is 1.90 bits per heavy atom. The number of rotatable bonds is 7. The van der Waals surface area contributed by atoms with E-state index in [2.05, 4.69) is 37.4 Å². The first-order chi connectivity index (χ1) is 10.2. The molecule has 1 aromatic rings. The van der Waals surface area contributed by atoms with Gasteiger partial charge in [-0.05, 0) is 56.2 Å². The van der Waals surface area contributed by atoms with Crippen molar-refractivity contribution < 1.29 is 9.47 Å². The molecule has 1 aliphatic rings. The summed E-state index contributed by atoms with van der Waals surface area (Å²) in [5.41, 5.74) is 2.35. The topological polar surface area (TPSA) is 30.5 Å². The molecule has 0 amide bonds. The average Bonchev–Trinajstić information content (AvgIpc) is 2.51. The van der Waals surface area contributed by atoms with E-state index in [-0.39, 0.29) is 0 Å². The van der Waals surface area contributed by atoms with Crippen LogP contribution >= 0.6 is 0 Å². The highest BCUT2D eigenvalue weighted by atomic mass is 16.5. The van der Waals surface area contributed by atoms with Gasteiger partial charge in [-0.1, -0.05) is 19.4 Å². The molecular formula is C18H29NO2. The number of methoxy groups -OCH3 is 1. The van der Waals surface area contributed by atoms with Gasteiger partial charge in [0.25, 0.3) is 0 Å². The zero-order valence-corrected chi connectivity index (χ0v) is 13.7. The lowest BCUT2D eigenvalue weighted by atomic mass is 9.84. The van der Waals surface area contributed by atoms with Gasteiger partial charge >= 0.3 is 0 Å². The van der Waals surface area contributed by atoms with E-state index in [1.807, 2.05) is 0 Å². The number of hydrogen-bond donors (Lipinski definition) is 1. The smallest absolute Gasteiger partial charge is 0.142 e. The summed E-state index contributed by atoms with van der Waals surface area (Å²) in [7, 11) is 1.70. The third-order valence-corrected chi connectivity index (χ3v) is 4.47. The number of nitrogens with one attached hydrogen (secondary N) is 1. The van der Waals surface area contributed by atoms with Crippen LogP contribution in [0.3, 0.4) is 0 Å². The normalized spacial score (nSPS) is 22.0. The number of ether oxygens (including phenoxy) is 2. The summed E-state index contributed by atoms with van der Waals surface area (Å²) < 4.78 is 10.9. The maximum atomic E-state index is 5.85. The summed E-state index contributed by atoms with van der Waals surface area (Å²) >= 11 is 0. The molecule has 21 heavy (non-hydrogen) atoms. The van der Waals surface area contributed by atoms with Crippen molar-refractivity contribution in [2.24, 2.45) is 5.92 Å². The van der Waals surface area contributed by atoms with Gasteiger partial charge in [0.05, 0.1) is 12.3 Å². The van der Waals surface area contributed by atoms with Crippen LogP contribution in [0.25, 0.3) is 0 Å².